The van der Waals surface area contributed by atoms with E-state index in [-0.39, 0.29) is 42.0 Å². The van der Waals surface area contributed by atoms with Gasteiger partial charge in [0.2, 0.25) is 0 Å². The first-order valence-corrected chi connectivity index (χ1v) is 18.2. The van der Waals surface area contributed by atoms with Crippen molar-refractivity contribution in [1.82, 2.24) is 0 Å². The maximum absolute atomic E-state index is 13.5. The second-order valence-corrected chi connectivity index (χ2v) is 13.6. The fraction of sp³-hybridized carbons (Fsp3) is 0.765. The van der Waals surface area contributed by atoms with E-state index in [1.807, 2.05) is 6.92 Å². The Bertz CT molecular complexity index is 1010. The van der Waals surface area contributed by atoms with Crippen LogP contribution in [0.4, 0.5) is 0 Å². The normalized spacial score (nSPS) is 25.4. The zero-order chi connectivity index (χ0) is 31.3. The van der Waals surface area contributed by atoms with E-state index >= 15 is 0 Å². The summed E-state index contributed by atoms with van der Waals surface area (Å²) in [4.78, 5) is 26.5. The summed E-state index contributed by atoms with van der Waals surface area (Å²) in [5.74, 6) is -1.53. The van der Waals surface area contributed by atoms with Gasteiger partial charge in [-0.1, -0.05) is 96.1 Å². The Balaban J connectivity index is 1.99. The molecule has 8 nitrogen and oxygen atoms in total. The Labute approximate surface area is 260 Å². The number of rotatable bonds is 3. The van der Waals surface area contributed by atoms with E-state index in [4.69, 9.17) is 15.2 Å². The second kappa shape index (κ2) is 22.0. The largest absolute Gasteiger partial charge is 0.381 e. The van der Waals surface area contributed by atoms with E-state index in [0.717, 1.165) is 38.5 Å². The molecule has 1 aliphatic rings. The molecule has 0 aliphatic carbocycles. The third-order valence-corrected chi connectivity index (χ3v) is 9.34. The molecule has 0 saturated carbocycles. The third-order valence-electron chi connectivity index (χ3n) is 8.47. The average molecular weight is 624 g/mol. The van der Waals surface area contributed by atoms with Gasteiger partial charge in [0.1, 0.15) is 17.5 Å². The topological polar surface area (TPSA) is 133 Å². The molecule has 1 aromatic rings. The molecule has 0 amide bonds. The lowest BCUT2D eigenvalue weighted by molar-refractivity contribution is -0.131. The molecule has 1 aliphatic heterocycles. The molecular formula is C34H57NO7S. The Morgan fingerprint density at radius 3 is 1.79 bits per heavy atom. The van der Waals surface area contributed by atoms with Gasteiger partial charge in [-0.2, -0.15) is 8.42 Å². The number of nitrogens with two attached hydrogens (primary N) is 1. The van der Waals surface area contributed by atoms with Crippen LogP contribution in [0.15, 0.2) is 29.2 Å². The molecule has 2 rings (SSSR count). The van der Waals surface area contributed by atoms with Gasteiger partial charge in [-0.15, -0.1) is 0 Å². The number of carbonyl (C=O) groups is 2. The zero-order valence-corrected chi connectivity index (χ0v) is 27.3. The van der Waals surface area contributed by atoms with Crippen molar-refractivity contribution in [2.75, 3.05) is 19.8 Å². The molecule has 0 radical (unpaired) electrons. The van der Waals surface area contributed by atoms with Crippen molar-refractivity contribution in [2.24, 2.45) is 5.73 Å². The van der Waals surface area contributed by atoms with Crippen molar-refractivity contribution in [1.29, 1.82) is 0 Å². The fourth-order valence-electron chi connectivity index (χ4n) is 5.75. The molecule has 246 valence electrons. The fourth-order valence-corrected chi connectivity index (χ4v) is 6.23. The van der Waals surface area contributed by atoms with Crippen molar-refractivity contribution in [3.05, 3.63) is 29.8 Å². The summed E-state index contributed by atoms with van der Waals surface area (Å²) < 4.78 is 44.1. The van der Waals surface area contributed by atoms with Crippen LogP contribution in [0.5, 0.6) is 0 Å². The quantitative estimate of drug-likeness (QED) is 0.264. The van der Waals surface area contributed by atoms with Crippen molar-refractivity contribution >= 4 is 21.7 Å². The van der Waals surface area contributed by atoms with Crippen molar-refractivity contribution in [3.63, 3.8) is 0 Å². The van der Waals surface area contributed by atoms with E-state index in [1.54, 1.807) is 0 Å². The Kier molecular flexibility index (Phi) is 19.2. The lowest BCUT2D eigenvalue weighted by atomic mass is 9.86. The van der Waals surface area contributed by atoms with Gasteiger partial charge in [-0.3, -0.25) is 14.1 Å². The van der Waals surface area contributed by atoms with Crippen LogP contribution in [-0.4, -0.2) is 56.5 Å². The van der Waals surface area contributed by atoms with Crippen LogP contribution < -0.4 is 5.73 Å². The molecule has 3 unspecified atom stereocenters. The summed E-state index contributed by atoms with van der Waals surface area (Å²) in [6.45, 7) is 3.36. The molecule has 3 N–H and O–H groups in total. The van der Waals surface area contributed by atoms with Gasteiger partial charge in [0.05, 0.1) is 17.6 Å². The smallest absolute Gasteiger partial charge is 0.294 e. The third kappa shape index (κ3) is 16.3. The number of hydrogen-bond donors (Lipinski definition) is 2. The zero-order valence-electron chi connectivity index (χ0n) is 26.5. The van der Waals surface area contributed by atoms with Crippen LogP contribution in [0, 0.1) is 0 Å². The SMILES string of the molecule is CCC1CC(=O)C(c2ccc(S(=O)(=O)O)cc2)C(=O)CCOCCCCCCCCCC(N)CCCCCCCCCO1. The van der Waals surface area contributed by atoms with Crippen molar-refractivity contribution < 1.29 is 32.0 Å². The highest BCUT2D eigenvalue weighted by Crippen LogP contribution is 2.25. The summed E-state index contributed by atoms with van der Waals surface area (Å²) in [6.07, 6.45) is 19.1. The summed E-state index contributed by atoms with van der Waals surface area (Å²) in [7, 11) is -4.38. The highest BCUT2D eigenvalue weighted by Gasteiger charge is 2.30. The highest BCUT2D eigenvalue weighted by atomic mass is 32.2. The molecule has 1 saturated heterocycles. The predicted octanol–water partition coefficient (Wildman–Crippen LogP) is 7.33. The highest BCUT2D eigenvalue weighted by molar-refractivity contribution is 7.85. The first-order valence-electron chi connectivity index (χ1n) is 16.8. The van der Waals surface area contributed by atoms with Crippen molar-refractivity contribution in [2.45, 2.75) is 152 Å². The Hall–Kier alpha value is -1.65. The van der Waals surface area contributed by atoms with Gasteiger partial charge in [0.25, 0.3) is 10.1 Å². The molecule has 1 aromatic carbocycles. The van der Waals surface area contributed by atoms with Gasteiger partial charge < -0.3 is 15.2 Å². The molecule has 1 fully saturated rings. The van der Waals surface area contributed by atoms with Crippen LogP contribution in [0.1, 0.15) is 140 Å². The van der Waals surface area contributed by atoms with E-state index in [0.29, 0.717) is 31.2 Å². The Morgan fingerprint density at radius 2 is 1.26 bits per heavy atom. The molecule has 9 heteroatoms. The van der Waals surface area contributed by atoms with E-state index in [1.165, 1.54) is 88.5 Å². The molecule has 0 bridgehead atoms. The minimum atomic E-state index is -4.38. The minimum Gasteiger partial charge on any atom is -0.381 e. The predicted molar refractivity (Wildman–Crippen MR) is 171 cm³/mol. The number of ketones is 2. The first kappa shape index (κ1) is 37.5. The van der Waals surface area contributed by atoms with Gasteiger partial charge in [-0.05, 0) is 49.8 Å². The van der Waals surface area contributed by atoms with Crippen molar-refractivity contribution in [3.8, 4) is 0 Å². The molecule has 43 heavy (non-hydrogen) atoms. The number of hydrogen-bond acceptors (Lipinski definition) is 7. The monoisotopic (exact) mass is 623 g/mol. The lowest BCUT2D eigenvalue weighted by Crippen LogP contribution is -2.28. The number of ether oxygens (including phenoxy) is 2. The number of benzene rings is 1. The van der Waals surface area contributed by atoms with Crippen LogP contribution in [0.25, 0.3) is 0 Å². The van der Waals surface area contributed by atoms with Gasteiger partial charge in [0.15, 0.2) is 0 Å². The number of Topliss-reactive ketones (excluding diaryl/α,β-unsaturated/α-hetero) is 2. The van der Waals surface area contributed by atoms with Crippen LogP contribution in [0.2, 0.25) is 0 Å². The van der Waals surface area contributed by atoms with Gasteiger partial charge in [-0.25, -0.2) is 0 Å². The molecule has 0 spiro atoms. The summed E-state index contributed by atoms with van der Waals surface area (Å²) >= 11 is 0. The van der Waals surface area contributed by atoms with Gasteiger partial charge >= 0.3 is 0 Å². The van der Waals surface area contributed by atoms with E-state index in [9.17, 15) is 22.6 Å². The van der Waals surface area contributed by atoms with Crippen LogP contribution >= 0.6 is 0 Å². The number of carbonyl (C=O) groups excluding carboxylic acids is 2. The molecule has 3 atom stereocenters. The first-order chi connectivity index (χ1) is 20.7. The molecule has 1 heterocycles. The maximum Gasteiger partial charge on any atom is 0.294 e. The maximum atomic E-state index is 13.5. The van der Waals surface area contributed by atoms with E-state index in [2.05, 4.69) is 0 Å². The lowest BCUT2D eigenvalue weighted by Gasteiger charge is -2.20. The van der Waals surface area contributed by atoms with E-state index < -0.39 is 16.0 Å². The summed E-state index contributed by atoms with van der Waals surface area (Å²) in [5.41, 5.74) is 6.74. The second-order valence-electron chi connectivity index (χ2n) is 12.2. The molecule has 0 aromatic heterocycles. The summed E-state index contributed by atoms with van der Waals surface area (Å²) in [5, 5.41) is 0. The standard InChI is InChI=1S/C34H57NO7S/c1-2-30-27-33(37)34(28-19-21-31(22-20-28)43(38,39)40)32(36)23-26-41-24-15-11-7-3-5-9-13-17-29(35)18-14-10-6-4-8-12-16-25-42-30/h19-22,29-30,34H,2-18,23-27,35H2,1H3,(H,38,39,40). The average Bonchev–Trinajstić information content (AvgIpc) is 2.97. The minimum absolute atomic E-state index is 0.0935. The molecular weight excluding hydrogens is 566 g/mol. The Morgan fingerprint density at radius 1 is 0.744 bits per heavy atom. The van der Waals surface area contributed by atoms with Crippen LogP contribution in [0.3, 0.4) is 0 Å². The van der Waals surface area contributed by atoms with Crippen LogP contribution in [-0.2, 0) is 29.2 Å². The van der Waals surface area contributed by atoms with Gasteiger partial charge in [0, 0.05) is 32.1 Å². The summed E-state index contributed by atoms with van der Waals surface area (Å²) in [6, 6.07) is 5.66.